The summed E-state index contributed by atoms with van der Waals surface area (Å²) >= 11 is 2.13. The minimum Gasteiger partial charge on any atom is -0.317 e. The fraction of sp³-hybridized carbons (Fsp3) is 1.00. The Morgan fingerprint density at radius 2 is 1.94 bits per heavy atom. The maximum absolute atomic E-state index is 11.2. The van der Waals surface area contributed by atoms with Gasteiger partial charge in [0.2, 0.25) is 0 Å². The predicted octanol–water partition coefficient (Wildman–Crippen LogP) is 0.536. The summed E-state index contributed by atoms with van der Waals surface area (Å²) in [4.78, 5) is 2.47. The van der Waals surface area contributed by atoms with Crippen LogP contribution >= 0.6 is 11.8 Å². The first-order valence-corrected chi connectivity index (χ1v) is 8.78. The molecule has 0 radical (unpaired) electrons. The zero-order valence-corrected chi connectivity index (χ0v) is 11.5. The topological polar surface area (TPSA) is 32.3 Å². The molecule has 0 aromatic rings. The first-order valence-electron chi connectivity index (χ1n) is 6.24. The summed E-state index contributed by atoms with van der Waals surface area (Å²) in [6.07, 6.45) is 2.66. The second kappa shape index (κ2) is 6.99. The summed E-state index contributed by atoms with van der Waals surface area (Å²) in [7, 11) is -0.527. The molecule has 94 valence electrons. The normalized spacial score (nSPS) is 26.0. The van der Waals surface area contributed by atoms with Crippen molar-refractivity contribution in [1.82, 2.24) is 10.2 Å². The van der Waals surface area contributed by atoms with Gasteiger partial charge >= 0.3 is 0 Å². The number of nitrogens with one attached hydrogen (secondary N) is 1. The van der Waals surface area contributed by atoms with Gasteiger partial charge in [0.25, 0.3) is 0 Å². The van der Waals surface area contributed by atoms with Gasteiger partial charge in [-0.2, -0.15) is 11.8 Å². The van der Waals surface area contributed by atoms with E-state index in [0.717, 1.165) is 29.8 Å². The van der Waals surface area contributed by atoms with Crippen molar-refractivity contribution in [3.05, 3.63) is 0 Å². The standard InChI is InChI=1S/C11H22N2OS2/c14-16-9-6-13(7-10-16)5-8-15-11-1-3-12-4-2-11/h11-12H,1-10H2. The van der Waals surface area contributed by atoms with Gasteiger partial charge in [0.05, 0.1) is 0 Å². The molecule has 0 aromatic heterocycles. The summed E-state index contributed by atoms with van der Waals surface area (Å²) in [5, 5.41) is 4.28. The average Bonchev–Trinajstić information content (AvgIpc) is 2.33. The van der Waals surface area contributed by atoms with Crippen LogP contribution in [-0.2, 0) is 10.8 Å². The van der Waals surface area contributed by atoms with E-state index >= 15 is 0 Å². The van der Waals surface area contributed by atoms with Crippen LogP contribution in [0.5, 0.6) is 0 Å². The molecule has 2 rings (SSSR count). The number of piperidine rings is 1. The Kier molecular flexibility index (Phi) is 5.62. The smallest absolute Gasteiger partial charge is 0.0363 e. The molecule has 16 heavy (non-hydrogen) atoms. The molecule has 1 N–H and O–H groups in total. The van der Waals surface area contributed by atoms with E-state index in [1.165, 1.54) is 38.2 Å². The molecule has 2 aliphatic rings. The summed E-state index contributed by atoms with van der Waals surface area (Å²) in [5.41, 5.74) is 0. The van der Waals surface area contributed by atoms with Gasteiger partial charge in [0.1, 0.15) is 0 Å². The first kappa shape index (κ1) is 12.9. The number of hydrogen-bond acceptors (Lipinski definition) is 4. The highest BCUT2D eigenvalue weighted by Gasteiger charge is 2.16. The third-order valence-electron chi connectivity index (χ3n) is 3.32. The molecule has 2 fully saturated rings. The van der Waals surface area contributed by atoms with Crippen LogP contribution < -0.4 is 5.32 Å². The highest BCUT2D eigenvalue weighted by atomic mass is 32.2. The number of thioether (sulfide) groups is 1. The van der Waals surface area contributed by atoms with E-state index < -0.39 is 10.8 Å². The monoisotopic (exact) mass is 262 g/mol. The molecule has 5 heteroatoms. The van der Waals surface area contributed by atoms with Crippen LogP contribution in [0.25, 0.3) is 0 Å². The van der Waals surface area contributed by atoms with E-state index in [1.807, 2.05) is 0 Å². The van der Waals surface area contributed by atoms with Crippen LogP contribution in [0.1, 0.15) is 12.8 Å². The zero-order valence-electron chi connectivity index (χ0n) is 9.82. The van der Waals surface area contributed by atoms with E-state index in [1.54, 1.807) is 0 Å². The van der Waals surface area contributed by atoms with Crippen molar-refractivity contribution in [2.75, 3.05) is 50.0 Å². The minimum atomic E-state index is -0.527. The van der Waals surface area contributed by atoms with Gasteiger partial charge in [0.15, 0.2) is 0 Å². The van der Waals surface area contributed by atoms with Gasteiger partial charge in [0, 0.05) is 52.9 Å². The number of hydrogen-bond donors (Lipinski definition) is 1. The Bertz CT molecular complexity index is 222. The van der Waals surface area contributed by atoms with Gasteiger partial charge in [-0.15, -0.1) is 0 Å². The van der Waals surface area contributed by atoms with Crippen LogP contribution in [0.2, 0.25) is 0 Å². The van der Waals surface area contributed by atoms with Crippen molar-refractivity contribution in [1.29, 1.82) is 0 Å². The summed E-state index contributed by atoms with van der Waals surface area (Å²) in [6.45, 7) is 5.66. The van der Waals surface area contributed by atoms with Crippen molar-refractivity contribution < 1.29 is 4.21 Å². The van der Waals surface area contributed by atoms with Crippen molar-refractivity contribution in [2.45, 2.75) is 18.1 Å². The van der Waals surface area contributed by atoms with Crippen LogP contribution in [0.4, 0.5) is 0 Å². The van der Waals surface area contributed by atoms with Crippen LogP contribution in [-0.4, -0.2) is 64.3 Å². The van der Waals surface area contributed by atoms with Crippen molar-refractivity contribution in [3.63, 3.8) is 0 Å². The van der Waals surface area contributed by atoms with Gasteiger partial charge in [-0.05, 0) is 25.9 Å². The van der Waals surface area contributed by atoms with E-state index in [0.29, 0.717) is 0 Å². The predicted molar refractivity (Wildman–Crippen MR) is 72.7 cm³/mol. The average molecular weight is 262 g/mol. The summed E-state index contributed by atoms with van der Waals surface area (Å²) in [5.74, 6) is 3.02. The fourth-order valence-corrected chi connectivity index (χ4v) is 4.60. The Morgan fingerprint density at radius 3 is 2.62 bits per heavy atom. The highest BCUT2D eigenvalue weighted by molar-refractivity contribution is 7.99. The number of rotatable bonds is 4. The quantitative estimate of drug-likeness (QED) is 0.801. The van der Waals surface area contributed by atoms with Crippen molar-refractivity contribution in [3.8, 4) is 0 Å². The second-order valence-electron chi connectivity index (χ2n) is 4.51. The molecule has 0 aromatic carbocycles. The van der Waals surface area contributed by atoms with Crippen molar-refractivity contribution in [2.24, 2.45) is 0 Å². The third kappa shape index (κ3) is 4.35. The Labute approximate surface area is 105 Å². The van der Waals surface area contributed by atoms with Crippen molar-refractivity contribution >= 4 is 22.6 Å². The lowest BCUT2D eigenvalue weighted by Crippen LogP contribution is -2.39. The molecule has 2 saturated heterocycles. The zero-order chi connectivity index (χ0) is 11.2. The van der Waals surface area contributed by atoms with E-state index in [-0.39, 0.29) is 0 Å². The second-order valence-corrected chi connectivity index (χ2v) is 7.61. The van der Waals surface area contributed by atoms with E-state index in [2.05, 4.69) is 22.0 Å². The first-order chi connectivity index (χ1) is 7.84. The molecule has 0 amide bonds. The third-order valence-corrected chi connectivity index (χ3v) is 5.95. The van der Waals surface area contributed by atoms with E-state index in [4.69, 9.17) is 0 Å². The van der Waals surface area contributed by atoms with Gasteiger partial charge in [-0.3, -0.25) is 4.21 Å². The maximum Gasteiger partial charge on any atom is 0.0363 e. The Balaban J connectivity index is 1.55. The SMILES string of the molecule is O=S1CCN(CCSC2CCNCC2)CC1. The Hall–Kier alpha value is 0.420. The molecule has 0 bridgehead atoms. The van der Waals surface area contributed by atoms with Gasteiger partial charge in [-0.25, -0.2) is 0 Å². The van der Waals surface area contributed by atoms with Crippen LogP contribution in [0.3, 0.4) is 0 Å². The largest absolute Gasteiger partial charge is 0.317 e. The van der Waals surface area contributed by atoms with Gasteiger partial charge in [-0.1, -0.05) is 0 Å². The molecule has 0 spiro atoms. The molecule has 0 atom stereocenters. The molecule has 2 aliphatic heterocycles. The minimum absolute atomic E-state index is 0.527. The Morgan fingerprint density at radius 1 is 1.25 bits per heavy atom. The number of nitrogens with zero attached hydrogens (tertiary/aromatic N) is 1. The molecule has 3 nitrogen and oxygen atoms in total. The lowest BCUT2D eigenvalue weighted by molar-refractivity contribution is 0.318. The maximum atomic E-state index is 11.2. The molecule has 0 saturated carbocycles. The summed E-state index contributed by atoms with van der Waals surface area (Å²) in [6, 6.07) is 0. The molecule has 0 unspecified atom stereocenters. The van der Waals surface area contributed by atoms with Crippen LogP contribution in [0.15, 0.2) is 0 Å². The van der Waals surface area contributed by atoms with E-state index in [9.17, 15) is 4.21 Å². The molecular formula is C11H22N2OS2. The van der Waals surface area contributed by atoms with Gasteiger partial charge < -0.3 is 10.2 Å². The molecule has 2 heterocycles. The molecule has 0 aliphatic carbocycles. The van der Waals surface area contributed by atoms with Crippen LogP contribution in [0, 0.1) is 0 Å². The summed E-state index contributed by atoms with van der Waals surface area (Å²) < 4.78 is 11.2. The lowest BCUT2D eigenvalue weighted by atomic mass is 10.2. The molecular weight excluding hydrogens is 240 g/mol. The fourth-order valence-electron chi connectivity index (χ4n) is 2.21. The lowest BCUT2D eigenvalue weighted by Gasteiger charge is -2.27. The highest BCUT2D eigenvalue weighted by Crippen LogP contribution is 2.20.